The third kappa shape index (κ3) is 4.46. The number of nitrogens with zero attached hydrogens (tertiary/aromatic N) is 2. The number of hydrogen-bond donors (Lipinski definition) is 2. The van der Waals surface area contributed by atoms with Crippen molar-refractivity contribution in [1.29, 1.82) is 0 Å². The summed E-state index contributed by atoms with van der Waals surface area (Å²) < 4.78 is 5.10. The molecule has 5 heteroatoms. The maximum atomic E-state index is 10.00. The summed E-state index contributed by atoms with van der Waals surface area (Å²) in [5.74, 6) is 0.679. The molecule has 1 heterocycles. The van der Waals surface area contributed by atoms with E-state index in [1.54, 1.807) is 13.2 Å². The molecule has 21 heavy (non-hydrogen) atoms. The molecule has 2 N–H and O–H groups in total. The van der Waals surface area contributed by atoms with E-state index in [0.717, 1.165) is 44.8 Å². The van der Waals surface area contributed by atoms with E-state index in [0.29, 0.717) is 5.75 Å². The maximum Gasteiger partial charge on any atom is 0.165 e. The van der Waals surface area contributed by atoms with Crippen LogP contribution in [0.25, 0.3) is 6.08 Å². The van der Waals surface area contributed by atoms with Gasteiger partial charge in [0.2, 0.25) is 0 Å². The molecule has 1 aliphatic heterocycles. The SMILES string of the molecule is COc1cccc(C=CCN2CCN(CCO)CC2)c1O. The maximum absolute atomic E-state index is 10.00. The minimum atomic E-state index is 0.184. The highest BCUT2D eigenvalue weighted by atomic mass is 16.5. The Balaban J connectivity index is 1.83. The summed E-state index contributed by atoms with van der Waals surface area (Å²) in [6, 6.07) is 5.48. The van der Waals surface area contributed by atoms with Gasteiger partial charge in [-0.05, 0) is 6.07 Å². The second-order valence-corrected chi connectivity index (χ2v) is 5.17. The van der Waals surface area contributed by atoms with Crippen molar-refractivity contribution >= 4 is 6.08 Å². The van der Waals surface area contributed by atoms with Gasteiger partial charge in [-0.25, -0.2) is 0 Å². The standard InChI is InChI=1S/C16H24N2O3/c1-21-15-6-2-4-14(16(15)20)5-3-7-17-8-10-18(11-9-17)12-13-19/h2-6,19-20H,7-13H2,1H3. The van der Waals surface area contributed by atoms with Gasteiger partial charge in [0.15, 0.2) is 11.5 Å². The van der Waals surface area contributed by atoms with Crippen molar-refractivity contribution in [2.45, 2.75) is 0 Å². The molecule has 0 bridgehead atoms. The van der Waals surface area contributed by atoms with Crippen LogP contribution in [0.3, 0.4) is 0 Å². The number of benzene rings is 1. The number of ether oxygens (including phenoxy) is 1. The van der Waals surface area contributed by atoms with Gasteiger partial charge < -0.3 is 14.9 Å². The number of aliphatic hydroxyl groups is 1. The highest BCUT2D eigenvalue weighted by Crippen LogP contribution is 2.30. The predicted octanol–water partition coefficient (Wildman–Crippen LogP) is 1.02. The van der Waals surface area contributed by atoms with E-state index < -0.39 is 0 Å². The van der Waals surface area contributed by atoms with E-state index in [1.807, 2.05) is 18.2 Å². The van der Waals surface area contributed by atoms with Crippen LogP contribution in [0.5, 0.6) is 11.5 Å². The Labute approximate surface area is 126 Å². The molecule has 0 unspecified atom stereocenters. The molecule has 0 aromatic heterocycles. The summed E-state index contributed by atoms with van der Waals surface area (Å²) in [4.78, 5) is 4.63. The number of methoxy groups -OCH3 is 1. The van der Waals surface area contributed by atoms with Gasteiger partial charge in [-0.15, -0.1) is 0 Å². The van der Waals surface area contributed by atoms with Gasteiger partial charge >= 0.3 is 0 Å². The normalized spacial score (nSPS) is 17.4. The second-order valence-electron chi connectivity index (χ2n) is 5.17. The first-order valence-electron chi connectivity index (χ1n) is 7.32. The van der Waals surface area contributed by atoms with E-state index in [-0.39, 0.29) is 12.4 Å². The van der Waals surface area contributed by atoms with Gasteiger partial charge in [0.05, 0.1) is 13.7 Å². The molecule has 1 aliphatic rings. The Morgan fingerprint density at radius 1 is 1.19 bits per heavy atom. The molecule has 0 amide bonds. The van der Waals surface area contributed by atoms with E-state index in [9.17, 15) is 5.11 Å². The fourth-order valence-electron chi connectivity index (χ4n) is 2.50. The van der Waals surface area contributed by atoms with Crippen molar-refractivity contribution in [2.24, 2.45) is 0 Å². The van der Waals surface area contributed by atoms with E-state index in [1.165, 1.54) is 0 Å². The van der Waals surface area contributed by atoms with E-state index in [2.05, 4.69) is 15.9 Å². The Kier molecular flexibility index (Phi) is 6.04. The first-order chi connectivity index (χ1) is 10.2. The molecular weight excluding hydrogens is 268 g/mol. The highest BCUT2D eigenvalue weighted by Gasteiger charge is 2.14. The zero-order chi connectivity index (χ0) is 15.1. The average Bonchev–Trinajstić information content (AvgIpc) is 2.51. The van der Waals surface area contributed by atoms with Crippen LogP contribution in [0.2, 0.25) is 0 Å². The van der Waals surface area contributed by atoms with E-state index in [4.69, 9.17) is 9.84 Å². The van der Waals surface area contributed by atoms with Crippen LogP contribution in [0.15, 0.2) is 24.3 Å². The fourth-order valence-corrected chi connectivity index (χ4v) is 2.50. The quantitative estimate of drug-likeness (QED) is 0.820. The van der Waals surface area contributed by atoms with Gasteiger partial charge in [0.25, 0.3) is 0 Å². The molecule has 5 nitrogen and oxygen atoms in total. The molecule has 0 radical (unpaired) electrons. The van der Waals surface area contributed by atoms with Crippen LogP contribution in [0, 0.1) is 0 Å². The van der Waals surface area contributed by atoms with Gasteiger partial charge in [0, 0.05) is 44.8 Å². The monoisotopic (exact) mass is 292 g/mol. The van der Waals surface area contributed by atoms with Gasteiger partial charge in [-0.3, -0.25) is 9.80 Å². The van der Waals surface area contributed by atoms with Crippen LogP contribution in [-0.2, 0) is 0 Å². The molecule has 0 spiro atoms. The second kappa shape index (κ2) is 8.02. The van der Waals surface area contributed by atoms with Crippen molar-refractivity contribution in [3.63, 3.8) is 0 Å². The van der Waals surface area contributed by atoms with Crippen LogP contribution in [0.1, 0.15) is 5.56 Å². The van der Waals surface area contributed by atoms with Crippen molar-refractivity contribution in [3.05, 3.63) is 29.8 Å². The summed E-state index contributed by atoms with van der Waals surface area (Å²) in [6.45, 7) is 5.88. The Morgan fingerprint density at radius 3 is 2.57 bits per heavy atom. The summed E-state index contributed by atoms with van der Waals surface area (Å²) in [7, 11) is 1.55. The third-order valence-corrected chi connectivity index (χ3v) is 3.79. The molecule has 0 aliphatic carbocycles. The molecule has 1 aromatic rings. The molecule has 0 saturated carbocycles. The molecule has 1 aromatic carbocycles. The number of aliphatic hydroxyl groups excluding tert-OH is 1. The lowest BCUT2D eigenvalue weighted by Crippen LogP contribution is -2.47. The van der Waals surface area contributed by atoms with Gasteiger partial charge in [0.1, 0.15) is 0 Å². The van der Waals surface area contributed by atoms with Crippen LogP contribution >= 0.6 is 0 Å². The molecule has 2 rings (SSSR count). The average molecular weight is 292 g/mol. The lowest BCUT2D eigenvalue weighted by Gasteiger charge is -2.33. The first-order valence-corrected chi connectivity index (χ1v) is 7.32. The smallest absolute Gasteiger partial charge is 0.165 e. The van der Waals surface area contributed by atoms with Gasteiger partial charge in [-0.2, -0.15) is 0 Å². The number of hydrogen-bond acceptors (Lipinski definition) is 5. The summed E-state index contributed by atoms with van der Waals surface area (Å²) in [5.41, 5.74) is 0.772. The Hall–Kier alpha value is -1.56. The highest BCUT2D eigenvalue weighted by molar-refractivity contribution is 5.61. The molecular formula is C16H24N2O3. The number of para-hydroxylation sites is 1. The summed E-state index contributed by atoms with van der Waals surface area (Å²) in [5, 5.41) is 18.9. The van der Waals surface area contributed by atoms with Crippen molar-refractivity contribution in [2.75, 3.05) is 53.0 Å². The van der Waals surface area contributed by atoms with Crippen LogP contribution < -0.4 is 4.74 Å². The third-order valence-electron chi connectivity index (χ3n) is 3.79. The zero-order valence-electron chi connectivity index (χ0n) is 12.5. The van der Waals surface area contributed by atoms with Crippen LogP contribution in [-0.4, -0.2) is 73.0 Å². The number of β-amino-alcohol motifs (C(OH)–C–C–N with tert-alkyl or cyclic N) is 1. The minimum Gasteiger partial charge on any atom is -0.504 e. The van der Waals surface area contributed by atoms with Crippen molar-refractivity contribution in [3.8, 4) is 11.5 Å². The lowest BCUT2D eigenvalue weighted by molar-refractivity contribution is 0.120. The largest absolute Gasteiger partial charge is 0.504 e. The summed E-state index contributed by atoms with van der Waals surface area (Å²) in [6.07, 6.45) is 3.99. The zero-order valence-corrected chi connectivity index (χ0v) is 12.5. The minimum absolute atomic E-state index is 0.184. The molecule has 1 saturated heterocycles. The molecule has 116 valence electrons. The fraction of sp³-hybridized carbons (Fsp3) is 0.500. The number of rotatable bonds is 6. The number of phenols is 1. The van der Waals surface area contributed by atoms with E-state index >= 15 is 0 Å². The topological polar surface area (TPSA) is 56.2 Å². The Bertz CT molecular complexity index is 469. The summed E-state index contributed by atoms with van der Waals surface area (Å²) >= 11 is 0. The van der Waals surface area contributed by atoms with Crippen molar-refractivity contribution < 1.29 is 14.9 Å². The van der Waals surface area contributed by atoms with Crippen molar-refractivity contribution in [1.82, 2.24) is 9.80 Å². The number of phenolic OH excluding ortho intramolecular Hbond substituents is 1. The first kappa shape index (κ1) is 15.8. The van der Waals surface area contributed by atoms with Crippen LogP contribution in [0.4, 0.5) is 0 Å². The number of aromatic hydroxyl groups is 1. The molecule has 1 fully saturated rings. The lowest BCUT2D eigenvalue weighted by atomic mass is 10.1. The molecule has 0 atom stereocenters. The predicted molar refractivity (Wildman–Crippen MR) is 83.7 cm³/mol. The Morgan fingerprint density at radius 2 is 1.90 bits per heavy atom. The van der Waals surface area contributed by atoms with Gasteiger partial charge in [-0.1, -0.05) is 24.3 Å². The number of piperazine rings is 1.